The highest BCUT2D eigenvalue weighted by atomic mass is 127. The normalized spacial score (nSPS) is 14.9. The summed E-state index contributed by atoms with van der Waals surface area (Å²) in [4.78, 5) is 26.9. The summed E-state index contributed by atoms with van der Waals surface area (Å²) < 4.78 is 21.4. The first-order chi connectivity index (χ1) is 15.8. The van der Waals surface area contributed by atoms with Gasteiger partial charge in [-0.1, -0.05) is 24.3 Å². The van der Waals surface area contributed by atoms with Gasteiger partial charge in [-0.25, -0.2) is 4.39 Å². The summed E-state index contributed by atoms with van der Waals surface area (Å²) in [6, 6.07) is 17.4. The van der Waals surface area contributed by atoms with Crippen molar-refractivity contribution in [2.75, 3.05) is 0 Å². The monoisotopic (exact) mass is 701 g/mol. The van der Waals surface area contributed by atoms with Gasteiger partial charge in [0.15, 0.2) is 0 Å². The largest absolute Gasteiger partial charge is 0.487 e. The summed E-state index contributed by atoms with van der Waals surface area (Å²) >= 11 is 10.2. The van der Waals surface area contributed by atoms with Gasteiger partial charge in [-0.2, -0.15) is 0 Å². The van der Waals surface area contributed by atoms with Crippen LogP contribution in [0.4, 0.5) is 9.18 Å². The average Bonchev–Trinajstić information content (AvgIpc) is 3.03. The van der Waals surface area contributed by atoms with Gasteiger partial charge in [0, 0.05) is 3.57 Å². The fraction of sp³-hybridized carbons (Fsp3) is 0.0833. The van der Waals surface area contributed by atoms with E-state index in [1.807, 2.05) is 36.4 Å². The van der Waals surface area contributed by atoms with Gasteiger partial charge in [0.2, 0.25) is 0 Å². The SMILES string of the molecule is O=C1S/C(=C\c2cc(Br)c(OCc3ccc(F)cc3)c(Br)c2)C(=O)N1Cc1ccc(I)cc1. The number of rotatable bonds is 6. The molecule has 1 aliphatic rings. The molecule has 3 aromatic carbocycles. The molecule has 1 fully saturated rings. The number of amides is 2. The van der Waals surface area contributed by atoms with Crippen LogP contribution in [0.25, 0.3) is 6.08 Å². The minimum Gasteiger partial charge on any atom is -0.487 e. The Kier molecular flexibility index (Phi) is 7.93. The molecular formula is C24H15Br2FINO3S. The van der Waals surface area contributed by atoms with E-state index >= 15 is 0 Å². The third kappa shape index (κ3) is 6.06. The van der Waals surface area contributed by atoms with Gasteiger partial charge in [-0.05, 0) is 125 Å². The number of hydrogen-bond acceptors (Lipinski definition) is 4. The number of carbonyl (C=O) groups excluding carboxylic acids is 2. The fourth-order valence-corrected chi connectivity index (χ4v) is 5.75. The molecule has 4 rings (SSSR count). The maximum Gasteiger partial charge on any atom is 0.293 e. The van der Waals surface area contributed by atoms with Crippen molar-refractivity contribution >= 4 is 83.4 Å². The Balaban J connectivity index is 1.49. The van der Waals surface area contributed by atoms with E-state index in [1.165, 1.54) is 17.0 Å². The Morgan fingerprint density at radius 3 is 2.21 bits per heavy atom. The van der Waals surface area contributed by atoms with Crippen molar-refractivity contribution in [3.8, 4) is 5.75 Å². The zero-order valence-electron chi connectivity index (χ0n) is 16.9. The third-order valence-corrected chi connectivity index (χ3v) is 7.55. The summed E-state index contributed by atoms with van der Waals surface area (Å²) in [5.41, 5.74) is 2.47. The topological polar surface area (TPSA) is 46.6 Å². The van der Waals surface area contributed by atoms with E-state index in [0.717, 1.165) is 32.0 Å². The molecule has 1 aliphatic heterocycles. The van der Waals surface area contributed by atoms with Crippen LogP contribution in [-0.4, -0.2) is 16.0 Å². The highest BCUT2D eigenvalue weighted by Gasteiger charge is 2.35. The van der Waals surface area contributed by atoms with E-state index in [1.54, 1.807) is 18.2 Å². The summed E-state index contributed by atoms with van der Waals surface area (Å²) in [6.07, 6.45) is 1.69. The Hall–Kier alpha value is -1.69. The van der Waals surface area contributed by atoms with Crippen LogP contribution in [0.1, 0.15) is 16.7 Å². The molecule has 0 bridgehead atoms. The first kappa shape index (κ1) is 24.4. The maximum atomic E-state index is 13.1. The molecule has 33 heavy (non-hydrogen) atoms. The number of imide groups is 1. The molecule has 3 aromatic rings. The second-order valence-corrected chi connectivity index (χ2v) is 11.1. The van der Waals surface area contributed by atoms with Gasteiger partial charge in [-0.3, -0.25) is 14.5 Å². The first-order valence-corrected chi connectivity index (χ1v) is 13.1. The maximum absolute atomic E-state index is 13.1. The molecule has 2 amide bonds. The number of nitrogens with zero attached hydrogens (tertiary/aromatic N) is 1. The molecule has 1 heterocycles. The molecule has 0 unspecified atom stereocenters. The minimum absolute atomic E-state index is 0.239. The van der Waals surface area contributed by atoms with Crippen molar-refractivity contribution in [2.24, 2.45) is 0 Å². The van der Waals surface area contributed by atoms with Crippen LogP contribution < -0.4 is 4.74 Å². The van der Waals surface area contributed by atoms with E-state index in [9.17, 15) is 14.0 Å². The quantitative estimate of drug-likeness (QED) is 0.195. The number of benzene rings is 3. The molecule has 0 spiro atoms. The van der Waals surface area contributed by atoms with E-state index in [-0.39, 0.29) is 30.1 Å². The van der Waals surface area contributed by atoms with Crippen molar-refractivity contribution in [1.29, 1.82) is 0 Å². The molecule has 1 saturated heterocycles. The Morgan fingerprint density at radius 1 is 0.970 bits per heavy atom. The molecule has 0 aliphatic carbocycles. The van der Waals surface area contributed by atoms with Crippen LogP contribution in [0.15, 0.2) is 74.5 Å². The van der Waals surface area contributed by atoms with Crippen molar-refractivity contribution in [2.45, 2.75) is 13.2 Å². The van der Waals surface area contributed by atoms with Gasteiger partial charge in [0.1, 0.15) is 18.2 Å². The molecule has 9 heteroatoms. The Labute approximate surface area is 225 Å². The molecule has 168 valence electrons. The van der Waals surface area contributed by atoms with Gasteiger partial charge in [0.25, 0.3) is 11.1 Å². The van der Waals surface area contributed by atoms with E-state index in [2.05, 4.69) is 54.5 Å². The fourth-order valence-electron chi connectivity index (χ4n) is 3.10. The number of ether oxygens (including phenoxy) is 1. The summed E-state index contributed by atoms with van der Waals surface area (Å²) in [5.74, 6) is -0.0239. The van der Waals surface area contributed by atoms with E-state index < -0.39 is 0 Å². The summed E-state index contributed by atoms with van der Waals surface area (Å²) in [7, 11) is 0. The second-order valence-electron chi connectivity index (χ2n) is 7.12. The van der Waals surface area contributed by atoms with E-state index in [0.29, 0.717) is 19.6 Å². The lowest BCUT2D eigenvalue weighted by Gasteiger charge is -2.13. The number of halogens is 4. The zero-order valence-corrected chi connectivity index (χ0v) is 23.0. The summed E-state index contributed by atoms with van der Waals surface area (Å²) in [6.45, 7) is 0.511. The highest BCUT2D eigenvalue weighted by molar-refractivity contribution is 14.1. The van der Waals surface area contributed by atoms with Crippen LogP contribution in [0, 0.1) is 9.39 Å². The Bertz CT molecular complexity index is 1230. The predicted octanol–water partition coefficient (Wildman–Crippen LogP) is 7.77. The number of hydrogen-bond donors (Lipinski definition) is 0. The molecule has 0 aromatic heterocycles. The average molecular weight is 703 g/mol. The van der Waals surface area contributed by atoms with E-state index in [4.69, 9.17) is 4.74 Å². The highest BCUT2D eigenvalue weighted by Crippen LogP contribution is 2.38. The van der Waals surface area contributed by atoms with Gasteiger partial charge in [0.05, 0.1) is 20.4 Å². The molecule has 0 atom stereocenters. The van der Waals surface area contributed by atoms with Crippen molar-refractivity contribution in [1.82, 2.24) is 4.90 Å². The van der Waals surface area contributed by atoms with Crippen molar-refractivity contribution < 1.29 is 18.7 Å². The first-order valence-electron chi connectivity index (χ1n) is 9.66. The smallest absolute Gasteiger partial charge is 0.293 e. The minimum atomic E-state index is -0.313. The van der Waals surface area contributed by atoms with Gasteiger partial charge < -0.3 is 4.74 Å². The second kappa shape index (κ2) is 10.7. The lowest BCUT2D eigenvalue weighted by Crippen LogP contribution is -2.27. The van der Waals surface area contributed by atoms with Crippen LogP contribution in [-0.2, 0) is 17.9 Å². The lowest BCUT2D eigenvalue weighted by atomic mass is 10.2. The molecule has 0 N–H and O–H groups in total. The third-order valence-electron chi connectivity index (χ3n) is 4.74. The predicted molar refractivity (Wildman–Crippen MR) is 143 cm³/mol. The molecule has 0 saturated carbocycles. The molecular weight excluding hydrogens is 688 g/mol. The van der Waals surface area contributed by atoms with Crippen LogP contribution >= 0.6 is 66.2 Å². The number of thioether (sulfide) groups is 1. The lowest BCUT2D eigenvalue weighted by molar-refractivity contribution is -0.123. The van der Waals surface area contributed by atoms with Crippen LogP contribution in [0.3, 0.4) is 0 Å². The van der Waals surface area contributed by atoms with Crippen molar-refractivity contribution in [3.05, 3.63) is 101 Å². The van der Waals surface area contributed by atoms with Gasteiger partial charge in [-0.15, -0.1) is 0 Å². The standard InChI is InChI=1S/C24H15Br2FINO3S/c25-19-9-16(10-20(26)22(19)32-13-15-1-5-17(27)6-2-15)11-21-23(30)29(24(31)33-21)12-14-3-7-18(28)8-4-14/h1-11H,12-13H2/b21-11-. The molecule has 4 nitrogen and oxygen atoms in total. The van der Waals surface area contributed by atoms with Crippen LogP contribution in [0.2, 0.25) is 0 Å². The summed E-state index contributed by atoms with van der Waals surface area (Å²) in [5, 5.41) is -0.290. The Morgan fingerprint density at radius 2 is 1.58 bits per heavy atom. The molecule has 0 radical (unpaired) electrons. The zero-order chi connectivity index (χ0) is 23.5. The number of carbonyl (C=O) groups is 2. The van der Waals surface area contributed by atoms with Gasteiger partial charge >= 0.3 is 0 Å². The van der Waals surface area contributed by atoms with Crippen LogP contribution in [0.5, 0.6) is 5.75 Å². The van der Waals surface area contributed by atoms with Crippen molar-refractivity contribution in [3.63, 3.8) is 0 Å².